The van der Waals surface area contributed by atoms with Crippen molar-refractivity contribution in [2.75, 3.05) is 31.1 Å². The topological polar surface area (TPSA) is 62.2 Å². The normalized spacial score (nSPS) is 14.3. The van der Waals surface area contributed by atoms with Crippen LogP contribution in [0.2, 0.25) is 0 Å². The van der Waals surface area contributed by atoms with Crippen molar-refractivity contribution in [1.29, 1.82) is 0 Å². The summed E-state index contributed by atoms with van der Waals surface area (Å²) in [5, 5.41) is 8.77. The molecule has 1 fully saturated rings. The molecular weight excluding hydrogens is 338 g/mol. The molecule has 0 unspecified atom stereocenters. The second kappa shape index (κ2) is 7.53. The van der Waals surface area contributed by atoms with Crippen LogP contribution in [0.15, 0.2) is 60.9 Å². The first-order valence-electron chi connectivity index (χ1n) is 9.06. The summed E-state index contributed by atoms with van der Waals surface area (Å²) in [5.74, 6) is 0.878. The van der Waals surface area contributed by atoms with Crippen molar-refractivity contribution in [2.24, 2.45) is 0 Å². The molecule has 3 aromatic rings. The van der Waals surface area contributed by atoms with Crippen molar-refractivity contribution >= 4 is 11.7 Å². The first-order valence-corrected chi connectivity index (χ1v) is 9.06. The van der Waals surface area contributed by atoms with Gasteiger partial charge in [0, 0.05) is 44.1 Å². The molecule has 0 saturated carbocycles. The van der Waals surface area contributed by atoms with Crippen molar-refractivity contribution in [3.05, 3.63) is 72.1 Å². The Morgan fingerprint density at radius 3 is 2.33 bits per heavy atom. The first-order chi connectivity index (χ1) is 13.2. The fourth-order valence-corrected chi connectivity index (χ4v) is 3.18. The number of carbonyl (C=O) groups excluding carboxylic acids is 1. The number of rotatable bonds is 3. The van der Waals surface area contributed by atoms with E-state index in [-0.39, 0.29) is 5.91 Å². The molecule has 27 heavy (non-hydrogen) atoms. The van der Waals surface area contributed by atoms with Gasteiger partial charge >= 0.3 is 0 Å². The summed E-state index contributed by atoms with van der Waals surface area (Å²) in [6, 6.07) is 15.9. The van der Waals surface area contributed by atoms with E-state index in [1.54, 1.807) is 24.5 Å². The summed E-state index contributed by atoms with van der Waals surface area (Å²) >= 11 is 0. The zero-order valence-electron chi connectivity index (χ0n) is 15.2. The molecule has 0 atom stereocenters. The monoisotopic (exact) mass is 359 g/mol. The van der Waals surface area contributed by atoms with E-state index < -0.39 is 0 Å². The Kier molecular flexibility index (Phi) is 4.78. The summed E-state index contributed by atoms with van der Waals surface area (Å²) < 4.78 is 0. The average Bonchev–Trinajstić information content (AvgIpc) is 2.75. The Morgan fingerprint density at radius 2 is 1.70 bits per heavy atom. The Bertz CT molecular complexity index is 902. The standard InChI is InChI=1S/C21H21N5O/c1-16-4-6-17(7-5-16)19-8-9-20(24-23-19)25-11-13-26(14-12-25)21(27)18-3-2-10-22-15-18/h2-10,15H,11-14H2,1H3. The predicted octanol–water partition coefficient (Wildman–Crippen LogP) is 2.81. The summed E-state index contributed by atoms with van der Waals surface area (Å²) in [7, 11) is 0. The Morgan fingerprint density at radius 1 is 0.926 bits per heavy atom. The SMILES string of the molecule is Cc1ccc(-c2ccc(N3CCN(C(=O)c4cccnc4)CC3)nn2)cc1. The van der Waals surface area contributed by atoms with E-state index in [9.17, 15) is 4.79 Å². The lowest BCUT2D eigenvalue weighted by Gasteiger charge is -2.35. The fraction of sp³-hybridized carbons (Fsp3) is 0.238. The number of aromatic nitrogens is 3. The summed E-state index contributed by atoms with van der Waals surface area (Å²) in [6.07, 6.45) is 3.29. The molecule has 6 heteroatoms. The van der Waals surface area contributed by atoms with Gasteiger partial charge in [-0.2, -0.15) is 0 Å². The third-order valence-corrected chi connectivity index (χ3v) is 4.80. The molecule has 2 aromatic heterocycles. The van der Waals surface area contributed by atoms with Crippen molar-refractivity contribution in [1.82, 2.24) is 20.1 Å². The zero-order chi connectivity index (χ0) is 18.6. The molecule has 1 saturated heterocycles. The number of pyridine rings is 1. The molecule has 1 aromatic carbocycles. The van der Waals surface area contributed by atoms with Crippen molar-refractivity contribution in [3.63, 3.8) is 0 Å². The molecule has 1 aliphatic heterocycles. The number of amides is 1. The molecule has 0 bridgehead atoms. The highest BCUT2D eigenvalue weighted by Gasteiger charge is 2.23. The smallest absolute Gasteiger partial charge is 0.255 e. The molecule has 0 radical (unpaired) electrons. The van der Waals surface area contributed by atoms with Gasteiger partial charge in [-0.25, -0.2) is 0 Å². The van der Waals surface area contributed by atoms with Crippen LogP contribution in [-0.2, 0) is 0 Å². The number of benzene rings is 1. The van der Waals surface area contributed by atoms with Gasteiger partial charge in [-0.05, 0) is 31.2 Å². The Hall–Kier alpha value is -3.28. The minimum Gasteiger partial charge on any atom is -0.352 e. The minimum absolute atomic E-state index is 0.0311. The third kappa shape index (κ3) is 3.79. The summed E-state index contributed by atoms with van der Waals surface area (Å²) in [6.45, 7) is 4.87. The molecular formula is C21H21N5O. The fourth-order valence-electron chi connectivity index (χ4n) is 3.18. The molecule has 0 aliphatic carbocycles. The van der Waals surface area contributed by atoms with Crippen LogP contribution in [-0.4, -0.2) is 52.2 Å². The van der Waals surface area contributed by atoms with Gasteiger partial charge in [-0.3, -0.25) is 9.78 Å². The van der Waals surface area contributed by atoms with Gasteiger partial charge in [-0.1, -0.05) is 29.8 Å². The average molecular weight is 359 g/mol. The number of piperazine rings is 1. The van der Waals surface area contributed by atoms with Crippen LogP contribution in [0.3, 0.4) is 0 Å². The maximum atomic E-state index is 12.5. The zero-order valence-corrected chi connectivity index (χ0v) is 15.2. The first kappa shape index (κ1) is 17.1. The minimum atomic E-state index is 0.0311. The number of hydrogen-bond donors (Lipinski definition) is 0. The van der Waals surface area contributed by atoms with Crippen molar-refractivity contribution < 1.29 is 4.79 Å². The van der Waals surface area contributed by atoms with E-state index in [1.807, 2.05) is 17.0 Å². The maximum absolute atomic E-state index is 12.5. The Balaban J connectivity index is 1.39. The van der Waals surface area contributed by atoms with E-state index >= 15 is 0 Å². The van der Waals surface area contributed by atoms with Crippen LogP contribution < -0.4 is 4.90 Å². The van der Waals surface area contributed by atoms with Crippen molar-refractivity contribution in [3.8, 4) is 11.3 Å². The van der Waals surface area contributed by atoms with Crippen LogP contribution >= 0.6 is 0 Å². The molecule has 0 N–H and O–H groups in total. The van der Waals surface area contributed by atoms with Gasteiger partial charge in [-0.15, -0.1) is 10.2 Å². The van der Waals surface area contributed by atoms with Crippen LogP contribution in [0.25, 0.3) is 11.3 Å². The van der Waals surface area contributed by atoms with Crippen molar-refractivity contribution in [2.45, 2.75) is 6.92 Å². The lowest BCUT2D eigenvalue weighted by atomic mass is 10.1. The number of aryl methyl sites for hydroxylation is 1. The van der Waals surface area contributed by atoms with Gasteiger partial charge in [0.1, 0.15) is 0 Å². The van der Waals surface area contributed by atoms with Gasteiger partial charge in [0.2, 0.25) is 0 Å². The molecule has 136 valence electrons. The molecule has 1 amide bonds. The summed E-state index contributed by atoms with van der Waals surface area (Å²) in [4.78, 5) is 20.6. The molecule has 0 spiro atoms. The van der Waals surface area contributed by atoms with Crippen LogP contribution in [0.5, 0.6) is 0 Å². The highest BCUT2D eigenvalue weighted by Crippen LogP contribution is 2.20. The van der Waals surface area contributed by atoms with Crippen LogP contribution in [0.4, 0.5) is 5.82 Å². The van der Waals surface area contributed by atoms with E-state index in [2.05, 4.69) is 51.3 Å². The van der Waals surface area contributed by atoms with E-state index in [4.69, 9.17) is 0 Å². The number of nitrogens with zero attached hydrogens (tertiary/aromatic N) is 5. The lowest BCUT2D eigenvalue weighted by Crippen LogP contribution is -2.49. The van der Waals surface area contributed by atoms with Gasteiger partial charge in [0.15, 0.2) is 5.82 Å². The molecule has 3 heterocycles. The third-order valence-electron chi connectivity index (χ3n) is 4.80. The van der Waals surface area contributed by atoms with E-state index in [0.29, 0.717) is 18.7 Å². The second-order valence-electron chi connectivity index (χ2n) is 6.66. The van der Waals surface area contributed by atoms with Crippen LogP contribution in [0.1, 0.15) is 15.9 Å². The maximum Gasteiger partial charge on any atom is 0.255 e. The van der Waals surface area contributed by atoms with Gasteiger partial charge < -0.3 is 9.80 Å². The summed E-state index contributed by atoms with van der Waals surface area (Å²) in [5.41, 5.74) is 3.78. The second-order valence-corrected chi connectivity index (χ2v) is 6.66. The molecule has 1 aliphatic rings. The quantitative estimate of drug-likeness (QED) is 0.720. The highest BCUT2D eigenvalue weighted by atomic mass is 16.2. The van der Waals surface area contributed by atoms with Crippen LogP contribution in [0, 0.1) is 6.92 Å². The van der Waals surface area contributed by atoms with Gasteiger partial charge in [0.25, 0.3) is 5.91 Å². The molecule has 6 nitrogen and oxygen atoms in total. The van der Waals surface area contributed by atoms with E-state index in [0.717, 1.165) is 30.2 Å². The highest BCUT2D eigenvalue weighted by molar-refractivity contribution is 5.94. The lowest BCUT2D eigenvalue weighted by molar-refractivity contribution is 0.0746. The Labute approximate surface area is 158 Å². The molecule has 4 rings (SSSR count). The largest absolute Gasteiger partial charge is 0.352 e. The number of anilines is 1. The van der Waals surface area contributed by atoms with E-state index in [1.165, 1.54) is 5.56 Å². The number of carbonyl (C=O) groups is 1. The number of hydrogen-bond acceptors (Lipinski definition) is 5. The van der Waals surface area contributed by atoms with Gasteiger partial charge in [0.05, 0.1) is 11.3 Å². The predicted molar refractivity (Wildman–Crippen MR) is 105 cm³/mol.